The van der Waals surface area contributed by atoms with E-state index in [1.165, 1.54) is 61.2 Å². The van der Waals surface area contributed by atoms with E-state index in [4.69, 9.17) is 0 Å². The Kier molecular flexibility index (Phi) is 9.91. The van der Waals surface area contributed by atoms with Crippen LogP contribution in [0.1, 0.15) is 81.3 Å². The Labute approximate surface area is 331 Å². The van der Waals surface area contributed by atoms with Crippen molar-refractivity contribution in [2.75, 3.05) is 0 Å². The molecule has 0 aromatic heterocycles. The summed E-state index contributed by atoms with van der Waals surface area (Å²) < 4.78 is 3.47. The van der Waals surface area contributed by atoms with Crippen LogP contribution in [-0.4, -0.2) is 5.43 Å². The molecule has 0 fully saturated rings. The van der Waals surface area contributed by atoms with Gasteiger partial charge in [-0.25, -0.2) is 0 Å². The van der Waals surface area contributed by atoms with E-state index in [-0.39, 0.29) is 10.8 Å². The normalized spacial score (nSPS) is 13.4. The molecule has 0 amide bonds. The second-order valence-corrected chi connectivity index (χ2v) is 30.7. The molecule has 54 heavy (non-hydrogen) atoms. The summed E-state index contributed by atoms with van der Waals surface area (Å²) in [6.45, 7) is 18.9. The molecule has 0 N–H and O–H groups in total. The van der Waals surface area contributed by atoms with Gasteiger partial charge in [-0.05, 0) is 0 Å². The zero-order valence-corrected chi connectivity index (χ0v) is 36.7. The molecule has 0 saturated heterocycles. The number of benzene rings is 6. The van der Waals surface area contributed by atoms with Gasteiger partial charge in [0.2, 0.25) is 0 Å². The van der Waals surface area contributed by atoms with Gasteiger partial charge in [-0.1, -0.05) is 0 Å². The molecule has 8 rings (SSSR count). The zero-order valence-electron chi connectivity index (χ0n) is 33.3. The average Bonchev–Trinajstić information content (AvgIpc) is 3.82. The van der Waals surface area contributed by atoms with Gasteiger partial charge in [0.1, 0.15) is 0 Å². The van der Waals surface area contributed by atoms with Crippen LogP contribution in [0.4, 0.5) is 0 Å². The maximum absolute atomic E-state index is 2.85. The third-order valence-electron chi connectivity index (χ3n) is 11.4. The standard InChI is InChI=1S/C33H33.C14H14Si.C5H5.Zr/c1-32(2,3)30-20-26-24(18-28(30)22-13-9-7-10-14-22)17-25-19-29(23-15-11-8-12-16-23)31(21-27(25)26)33(4,5)6;1-11-3-7-13(8-4-11)15-14-9-5-12(2)6-10-14;1-2-4-5-3-1;/h7-16,18,20-21H,17H2,1-6H3;3-10H,1-2H3;1-3H,4H2;. The fourth-order valence-corrected chi connectivity index (χ4v) is 29.6. The number of aryl methyl sites for hydroxylation is 2. The molecule has 0 bridgehead atoms. The first kappa shape index (κ1) is 36.9. The molecule has 2 aliphatic carbocycles. The van der Waals surface area contributed by atoms with Crippen LogP contribution in [0.2, 0.25) is 0 Å². The summed E-state index contributed by atoms with van der Waals surface area (Å²) in [7, 11) is 0. The summed E-state index contributed by atoms with van der Waals surface area (Å²) in [5.74, 6) is 0. The van der Waals surface area contributed by atoms with Crippen LogP contribution in [0, 0.1) is 13.8 Å². The van der Waals surface area contributed by atoms with Crippen molar-refractivity contribution in [1.29, 1.82) is 0 Å². The monoisotopic (exact) mass is 794 g/mol. The van der Waals surface area contributed by atoms with Crippen molar-refractivity contribution in [2.45, 2.75) is 79.1 Å². The van der Waals surface area contributed by atoms with Crippen molar-refractivity contribution >= 4 is 19.1 Å². The van der Waals surface area contributed by atoms with Gasteiger partial charge >= 0.3 is 334 Å². The maximum atomic E-state index is 2.63. The third-order valence-corrected chi connectivity index (χ3v) is 30.1. The summed E-state index contributed by atoms with van der Waals surface area (Å²) in [6.07, 6.45) is 9.37. The van der Waals surface area contributed by atoms with E-state index < -0.39 is 25.8 Å². The Bertz CT molecular complexity index is 2420. The van der Waals surface area contributed by atoms with Crippen molar-refractivity contribution in [3.63, 3.8) is 0 Å². The number of allylic oxidation sites excluding steroid dienone is 4. The van der Waals surface area contributed by atoms with Crippen LogP contribution in [0.15, 0.2) is 149 Å². The van der Waals surface area contributed by atoms with E-state index in [0.717, 1.165) is 12.8 Å². The van der Waals surface area contributed by atoms with Gasteiger partial charge in [-0.3, -0.25) is 0 Å². The summed E-state index contributed by atoms with van der Waals surface area (Å²) in [5, 5.41) is 3.12. The van der Waals surface area contributed by atoms with Gasteiger partial charge in [0.15, 0.2) is 0 Å². The Morgan fingerprint density at radius 2 is 1.09 bits per heavy atom. The first-order valence-corrected chi connectivity index (χ1v) is 27.3. The van der Waals surface area contributed by atoms with E-state index >= 15 is 0 Å². The fraction of sp³-hybridized carbons (Fsp3) is 0.231. The summed E-state index contributed by atoms with van der Waals surface area (Å²) in [4.78, 5) is 0. The fourth-order valence-electron chi connectivity index (χ4n) is 8.60. The first-order chi connectivity index (χ1) is 25.9. The van der Waals surface area contributed by atoms with E-state index in [1.807, 2.05) is 0 Å². The van der Waals surface area contributed by atoms with Crippen molar-refractivity contribution in [2.24, 2.45) is 0 Å². The molecule has 6 aromatic carbocycles. The molecule has 0 atom stereocenters. The number of rotatable bonds is 6. The first-order valence-electron chi connectivity index (χ1n) is 19.6. The topological polar surface area (TPSA) is 0 Å². The summed E-state index contributed by atoms with van der Waals surface area (Å²) in [6, 6.07) is 49.7. The van der Waals surface area contributed by atoms with Crippen LogP contribution in [0.5, 0.6) is 0 Å². The van der Waals surface area contributed by atoms with E-state index in [2.05, 4.69) is 201 Å². The van der Waals surface area contributed by atoms with Crippen molar-refractivity contribution < 1.29 is 20.4 Å². The minimum absolute atomic E-state index is 0.00305. The molecule has 2 heteroatoms. The Morgan fingerprint density at radius 1 is 0.556 bits per heavy atom. The van der Waals surface area contributed by atoms with E-state index in [1.54, 1.807) is 22.5 Å². The van der Waals surface area contributed by atoms with Crippen LogP contribution < -0.4 is 13.6 Å². The predicted molar refractivity (Wildman–Crippen MR) is 232 cm³/mol. The van der Waals surface area contributed by atoms with Crippen LogP contribution in [0.25, 0.3) is 33.4 Å². The van der Waals surface area contributed by atoms with Gasteiger partial charge in [-0.2, -0.15) is 0 Å². The van der Waals surface area contributed by atoms with Gasteiger partial charge in [-0.15, -0.1) is 0 Å². The molecule has 0 heterocycles. The quantitative estimate of drug-likeness (QED) is 0.147. The van der Waals surface area contributed by atoms with Gasteiger partial charge in [0.25, 0.3) is 0 Å². The van der Waals surface area contributed by atoms with Gasteiger partial charge in [0.05, 0.1) is 0 Å². The predicted octanol–water partition coefficient (Wildman–Crippen LogP) is 11.7. The minimum atomic E-state index is -2.85. The van der Waals surface area contributed by atoms with Crippen molar-refractivity contribution in [1.82, 2.24) is 0 Å². The average molecular weight is 796 g/mol. The number of hydrogen-bond donors (Lipinski definition) is 0. The number of fused-ring (bicyclic) bond motifs is 3. The van der Waals surface area contributed by atoms with Gasteiger partial charge < -0.3 is 0 Å². The molecule has 0 aliphatic heterocycles. The Balaban J connectivity index is 1.55. The third kappa shape index (κ3) is 6.98. The second kappa shape index (κ2) is 14.5. The van der Waals surface area contributed by atoms with E-state index in [9.17, 15) is 0 Å². The van der Waals surface area contributed by atoms with Gasteiger partial charge in [0, 0.05) is 0 Å². The van der Waals surface area contributed by atoms with Crippen LogP contribution >= 0.6 is 0 Å². The molecular formula is C52H52SiZr. The molecule has 0 unspecified atom stereocenters. The SMILES string of the molecule is Cc1ccc([Si](c2ccc(C)cc2)=[Zr]([C]2=CC=CC2)[c]2c3c(cc(C(C)(C)C)c2-c2ccccc2)-c2cc(C(C)(C)C)c(-c4ccccc4)cc2C3)cc1. The molecule has 0 spiro atoms. The second-order valence-electron chi connectivity index (χ2n) is 17.5. The van der Waals surface area contributed by atoms with E-state index in [0.29, 0.717) is 0 Å². The molecular weight excluding hydrogens is 744 g/mol. The molecule has 0 saturated carbocycles. The summed E-state index contributed by atoms with van der Waals surface area (Å²) in [5.41, 5.74) is 15.9. The zero-order chi connectivity index (χ0) is 37.8. The van der Waals surface area contributed by atoms with Crippen molar-refractivity contribution in [3.8, 4) is 33.4 Å². The Morgan fingerprint density at radius 3 is 1.61 bits per heavy atom. The molecule has 268 valence electrons. The van der Waals surface area contributed by atoms with Crippen LogP contribution in [-0.2, 0) is 37.6 Å². The molecule has 2 aliphatic rings. The molecule has 0 radical (unpaired) electrons. The van der Waals surface area contributed by atoms with Crippen LogP contribution in [0.3, 0.4) is 0 Å². The number of hydrogen-bond acceptors (Lipinski definition) is 0. The Hall–Kier alpha value is -4.10. The van der Waals surface area contributed by atoms with Crippen molar-refractivity contribution in [3.05, 3.63) is 182 Å². The summed E-state index contributed by atoms with van der Waals surface area (Å²) >= 11 is -2.85. The molecule has 6 aromatic rings. The molecule has 0 nitrogen and oxygen atoms in total.